The minimum atomic E-state index is -0.0764. The molecule has 9 heteroatoms. The van der Waals surface area contributed by atoms with Crippen molar-refractivity contribution in [3.05, 3.63) is 150 Å². The number of rotatable bonds is 2. The molecule has 0 aliphatic rings. The van der Waals surface area contributed by atoms with Crippen LogP contribution in [0, 0.1) is 129 Å². The third kappa shape index (κ3) is 17.9. The molecule has 7 rings (SSSR count). The maximum atomic E-state index is 12.3. The van der Waals surface area contributed by atoms with E-state index in [1.165, 1.54) is 113 Å². The van der Waals surface area contributed by atoms with Gasteiger partial charge in [-0.1, -0.05) is 27.7 Å². The van der Waals surface area contributed by atoms with Gasteiger partial charge in [0, 0.05) is 44.9 Å². The van der Waals surface area contributed by atoms with Crippen molar-refractivity contribution in [3.8, 4) is 0 Å². The predicted octanol–water partition coefficient (Wildman–Crippen LogP) is 20.0. The fourth-order valence-corrected chi connectivity index (χ4v) is 11.3. The maximum Gasteiger partial charge on any atom is 0.137 e. The fraction of sp³-hybridized carbons (Fsp3) is 0.451. The van der Waals surface area contributed by atoms with Crippen LogP contribution in [0.4, 0.5) is 8.78 Å². The van der Waals surface area contributed by atoms with Crippen molar-refractivity contribution in [2.75, 3.05) is 0 Å². The van der Waals surface area contributed by atoms with E-state index in [-0.39, 0.29) is 11.6 Å². The van der Waals surface area contributed by atoms with E-state index < -0.39 is 0 Å². The molecular weight excluding hydrogens is 875 g/mol. The van der Waals surface area contributed by atoms with Crippen molar-refractivity contribution in [2.45, 2.75) is 157 Å². The second-order valence-electron chi connectivity index (χ2n) is 15.9. The Balaban J connectivity index is 0.000000351. The molecule has 0 radical (unpaired) electrons. The van der Waals surface area contributed by atoms with E-state index in [2.05, 4.69) is 145 Å². The number of thiophene rings is 7. The molecule has 0 aromatic carbocycles. The lowest BCUT2D eigenvalue weighted by molar-refractivity contribution is 0.623. The average Bonchev–Trinajstić information content (AvgIpc) is 4.07. The van der Waals surface area contributed by atoms with Gasteiger partial charge in [0.25, 0.3) is 0 Å². The van der Waals surface area contributed by atoms with Crippen LogP contribution in [0.5, 0.6) is 0 Å². The van der Waals surface area contributed by atoms with Crippen molar-refractivity contribution in [2.24, 2.45) is 0 Å². The third-order valence-corrected chi connectivity index (χ3v) is 18.7. The van der Waals surface area contributed by atoms with Crippen molar-refractivity contribution >= 4 is 79.4 Å². The smallest absolute Gasteiger partial charge is 0.137 e. The second-order valence-corrected chi connectivity index (χ2v) is 23.3. The summed E-state index contributed by atoms with van der Waals surface area (Å²) in [5, 5.41) is 14.2. The summed E-state index contributed by atoms with van der Waals surface area (Å²) in [7, 11) is 0. The summed E-state index contributed by atoms with van der Waals surface area (Å²) in [5.41, 5.74) is 16.1. The van der Waals surface area contributed by atoms with E-state index in [0.717, 1.165) is 20.9 Å². The zero-order valence-electron chi connectivity index (χ0n) is 40.3. The predicted molar refractivity (Wildman–Crippen MR) is 279 cm³/mol. The average molecular weight is 948 g/mol. The van der Waals surface area contributed by atoms with Gasteiger partial charge < -0.3 is 0 Å². The van der Waals surface area contributed by atoms with Crippen molar-refractivity contribution < 1.29 is 8.78 Å². The lowest BCUT2D eigenvalue weighted by Gasteiger charge is -2.02. The molecule has 0 fully saturated rings. The molecule has 7 aromatic rings. The quantitative estimate of drug-likeness (QED) is 0.162. The van der Waals surface area contributed by atoms with Crippen LogP contribution in [0.1, 0.15) is 140 Å². The number of hydrogen-bond donors (Lipinski definition) is 0. The second kappa shape index (κ2) is 27.1. The summed E-state index contributed by atoms with van der Waals surface area (Å²) >= 11 is 12.1. The Morgan fingerprint density at radius 2 is 0.567 bits per heavy atom. The largest absolute Gasteiger partial charge is 0.206 e. The first kappa shape index (κ1) is 55.8. The van der Waals surface area contributed by atoms with Crippen LogP contribution in [0.3, 0.4) is 0 Å². The van der Waals surface area contributed by atoms with Gasteiger partial charge in [0.2, 0.25) is 0 Å². The molecule has 0 saturated carbocycles. The lowest BCUT2D eigenvalue weighted by Crippen LogP contribution is -1.86. The van der Waals surface area contributed by atoms with E-state index in [9.17, 15) is 8.78 Å². The molecule has 60 heavy (non-hydrogen) atoms. The number of hydrogen-bond acceptors (Lipinski definition) is 7. The molecule has 0 amide bonds. The van der Waals surface area contributed by atoms with E-state index in [1.807, 2.05) is 70.5 Å². The van der Waals surface area contributed by atoms with Crippen molar-refractivity contribution in [1.82, 2.24) is 0 Å². The summed E-state index contributed by atoms with van der Waals surface area (Å²) in [6.07, 6.45) is 0. The summed E-state index contributed by atoms with van der Waals surface area (Å²) in [6.45, 7) is 44.6. The Kier molecular flexibility index (Phi) is 25.2. The van der Waals surface area contributed by atoms with Crippen LogP contribution in [0.15, 0.2) is 37.7 Å². The summed E-state index contributed by atoms with van der Waals surface area (Å²) < 4.78 is 24.7. The number of aryl methyl sites for hydroxylation is 10. The molecule has 0 aliphatic carbocycles. The van der Waals surface area contributed by atoms with Gasteiger partial charge in [-0.25, -0.2) is 8.78 Å². The van der Waals surface area contributed by atoms with Gasteiger partial charge in [0.1, 0.15) is 11.6 Å². The molecule has 0 bridgehead atoms. The Hall–Kier alpha value is -2.24. The molecule has 0 unspecified atom stereocenters. The summed E-state index contributed by atoms with van der Waals surface area (Å²) in [6, 6.07) is 0. The molecular formula is C51H72F2S7. The van der Waals surface area contributed by atoms with Crippen LogP contribution in [0.2, 0.25) is 0 Å². The first-order valence-corrected chi connectivity index (χ1v) is 26.5. The van der Waals surface area contributed by atoms with Crippen LogP contribution in [-0.4, -0.2) is 0 Å². The zero-order valence-corrected chi connectivity index (χ0v) is 46.0. The van der Waals surface area contributed by atoms with E-state index in [1.54, 1.807) is 13.8 Å². The first-order chi connectivity index (χ1) is 27.8. The molecule has 7 heterocycles. The highest BCUT2D eigenvalue weighted by atomic mass is 32.1. The Labute approximate surface area is 392 Å². The van der Waals surface area contributed by atoms with Crippen LogP contribution < -0.4 is 0 Å². The maximum absolute atomic E-state index is 12.3. The highest BCUT2D eigenvalue weighted by Gasteiger charge is 2.07. The standard InChI is InChI=1S/2C9H14S.3C7H10S.2C6H7FS/c1-6(2)9-5-10-8(4)7(9)3;1-6(2)9-8(4)7(3)5-10-9;3*1-5-4-8-7(3)6(5)2;2*1-4-5(2)8-3-6(4)7/h2*5-6H,1-4H3;3*4H,1-3H3;2*3H,1-2H3. The minimum absolute atomic E-state index is 0.0764. The van der Waals surface area contributed by atoms with Gasteiger partial charge in [-0.15, -0.1) is 79.4 Å². The Morgan fingerprint density at radius 1 is 0.300 bits per heavy atom. The van der Waals surface area contributed by atoms with Crippen molar-refractivity contribution in [1.29, 1.82) is 0 Å². The zero-order chi connectivity index (χ0) is 46.2. The minimum Gasteiger partial charge on any atom is -0.206 e. The van der Waals surface area contributed by atoms with Gasteiger partial charge in [-0.2, -0.15) is 0 Å². The molecule has 7 aromatic heterocycles. The van der Waals surface area contributed by atoms with E-state index in [4.69, 9.17) is 0 Å². The van der Waals surface area contributed by atoms with Crippen molar-refractivity contribution in [3.63, 3.8) is 0 Å². The Bertz CT molecular complexity index is 1880. The molecule has 0 aliphatic heterocycles. The lowest BCUT2D eigenvalue weighted by atomic mass is 10.0. The summed E-state index contributed by atoms with van der Waals surface area (Å²) in [4.78, 5) is 9.48. The molecule has 0 atom stereocenters. The molecule has 0 spiro atoms. The van der Waals surface area contributed by atoms with Crippen LogP contribution >= 0.6 is 79.4 Å². The third-order valence-electron chi connectivity index (χ3n) is 10.8. The topological polar surface area (TPSA) is 0 Å². The van der Waals surface area contributed by atoms with Gasteiger partial charge in [-0.05, 0) is 223 Å². The monoisotopic (exact) mass is 946 g/mol. The normalized spacial score (nSPS) is 10.2. The highest BCUT2D eigenvalue weighted by molar-refractivity contribution is 7.11. The van der Waals surface area contributed by atoms with E-state index in [0.29, 0.717) is 11.8 Å². The summed E-state index contributed by atoms with van der Waals surface area (Å²) in [5.74, 6) is 1.23. The number of halogens is 2. The van der Waals surface area contributed by atoms with Crippen LogP contribution in [0.25, 0.3) is 0 Å². The molecule has 0 nitrogen and oxygen atoms in total. The van der Waals surface area contributed by atoms with Gasteiger partial charge >= 0.3 is 0 Å². The highest BCUT2D eigenvalue weighted by Crippen LogP contribution is 2.28. The fourth-order valence-electron chi connectivity index (χ4n) is 5.06. The van der Waals surface area contributed by atoms with Gasteiger partial charge in [0.15, 0.2) is 0 Å². The molecule has 332 valence electrons. The molecule has 0 saturated heterocycles. The van der Waals surface area contributed by atoms with Crippen LogP contribution in [-0.2, 0) is 0 Å². The molecule has 0 N–H and O–H groups in total. The first-order valence-electron chi connectivity index (χ1n) is 20.4. The van der Waals surface area contributed by atoms with Gasteiger partial charge in [0.05, 0.1) is 0 Å². The Morgan fingerprint density at radius 3 is 0.667 bits per heavy atom. The van der Waals surface area contributed by atoms with E-state index >= 15 is 0 Å². The van der Waals surface area contributed by atoms with Gasteiger partial charge in [-0.3, -0.25) is 0 Å². The SMILES string of the molecule is Cc1csc(C(C)C)c1C.Cc1csc(C)c1C.Cc1csc(C)c1C.Cc1csc(C)c1C.Cc1scc(C(C)C)c1C.Cc1scc(F)c1C.Cc1scc(F)c1C.